The highest BCUT2D eigenvalue weighted by Gasteiger charge is 2.11. The molecule has 0 fully saturated rings. The molecule has 2 rings (SSSR count). The lowest BCUT2D eigenvalue weighted by molar-refractivity contribution is 0.102. The molecule has 110 valence electrons. The Kier molecular flexibility index (Phi) is 4.68. The highest BCUT2D eigenvalue weighted by atomic mass is 79.9. The van der Waals surface area contributed by atoms with Crippen LogP contribution in [0.1, 0.15) is 41.3 Å². The normalized spacial score (nSPS) is 10.7. The number of aryl methyl sites for hydroxylation is 1. The third-order valence-electron chi connectivity index (χ3n) is 3.39. The molecular formula is C17H19BrN2O. The summed E-state index contributed by atoms with van der Waals surface area (Å²) in [6, 6.07) is 11.3. The van der Waals surface area contributed by atoms with E-state index < -0.39 is 0 Å². The summed E-state index contributed by atoms with van der Waals surface area (Å²) < 4.78 is 0.784. The number of nitrogen functional groups attached to an aromatic ring is 1. The monoisotopic (exact) mass is 346 g/mol. The Balaban J connectivity index is 2.22. The zero-order valence-corrected chi connectivity index (χ0v) is 14.0. The van der Waals surface area contributed by atoms with Crippen molar-refractivity contribution in [3.63, 3.8) is 0 Å². The number of nitrogens with one attached hydrogen (secondary N) is 1. The van der Waals surface area contributed by atoms with Crippen LogP contribution in [0, 0.1) is 6.92 Å². The fourth-order valence-corrected chi connectivity index (χ4v) is 2.81. The summed E-state index contributed by atoms with van der Waals surface area (Å²) in [6.07, 6.45) is 0. The first-order valence-corrected chi connectivity index (χ1v) is 7.64. The Bertz CT molecular complexity index is 640. The third kappa shape index (κ3) is 3.64. The molecule has 3 nitrogen and oxygen atoms in total. The number of benzene rings is 2. The molecule has 3 N–H and O–H groups in total. The van der Waals surface area contributed by atoms with Gasteiger partial charge in [-0.2, -0.15) is 0 Å². The van der Waals surface area contributed by atoms with Gasteiger partial charge in [-0.25, -0.2) is 0 Å². The van der Waals surface area contributed by atoms with E-state index in [9.17, 15) is 4.79 Å². The number of halogens is 1. The van der Waals surface area contributed by atoms with Crippen molar-refractivity contribution in [1.29, 1.82) is 0 Å². The molecule has 0 aliphatic rings. The Morgan fingerprint density at radius 2 is 1.81 bits per heavy atom. The van der Waals surface area contributed by atoms with Gasteiger partial charge in [-0.15, -0.1) is 0 Å². The molecule has 0 bridgehead atoms. The second-order valence-corrected chi connectivity index (χ2v) is 6.28. The first-order valence-electron chi connectivity index (χ1n) is 6.85. The lowest BCUT2D eigenvalue weighted by Crippen LogP contribution is -2.13. The van der Waals surface area contributed by atoms with Gasteiger partial charge in [0.1, 0.15) is 0 Å². The molecule has 0 aliphatic heterocycles. The first kappa shape index (κ1) is 15.6. The van der Waals surface area contributed by atoms with Gasteiger partial charge in [0.05, 0.1) is 5.69 Å². The highest BCUT2D eigenvalue weighted by molar-refractivity contribution is 9.10. The summed E-state index contributed by atoms with van der Waals surface area (Å²) in [5, 5.41) is 2.93. The second kappa shape index (κ2) is 6.31. The summed E-state index contributed by atoms with van der Waals surface area (Å²) in [6.45, 7) is 6.17. The van der Waals surface area contributed by atoms with E-state index in [-0.39, 0.29) is 5.91 Å². The maximum absolute atomic E-state index is 12.3. The average Bonchev–Trinajstić information content (AvgIpc) is 2.42. The minimum atomic E-state index is -0.126. The molecule has 0 aromatic heterocycles. The molecule has 1 amide bonds. The predicted molar refractivity (Wildman–Crippen MR) is 91.8 cm³/mol. The molecule has 0 spiro atoms. The Labute approximate surface area is 133 Å². The highest BCUT2D eigenvalue weighted by Crippen LogP contribution is 2.29. The van der Waals surface area contributed by atoms with Gasteiger partial charge in [0, 0.05) is 15.7 Å². The van der Waals surface area contributed by atoms with Gasteiger partial charge in [0.2, 0.25) is 0 Å². The van der Waals surface area contributed by atoms with Crippen molar-refractivity contribution in [3.05, 3.63) is 57.6 Å². The minimum absolute atomic E-state index is 0.126. The number of rotatable bonds is 3. The van der Waals surface area contributed by atoms with Crippen LogP contribution in [-0.4, -0.2) is 5.91 Å². The molecule has 4 heteroatoms. The molecule has 21 heavy (non-hydrogen) atoms. The van der Waals surface area contributed by atoms with Crippen molar-refractivity contribution in [1.82, 2.24) is 0 Å². The van der Waals surface area contributed by atoms with Gasteiger partial charge >= 0.3 is 0 Å². The van der Waals surface area contributed by atoms with E-state index in [1.165, 1.54) is 5.56 Å². The fourth-order valence-electron chi connectivity index (χ4n) is 2.13. The molecule has 0 atom stereocenters. The number of anilines is 2. The van der Waals surface area contributed by atoms with Crippen molar-refractivity contribution in [2.75, 3.05) is 11.1 Å². The van der Waals surface area contributed by atoms with Crippen LogP contribution in [0.15, 0.2) is 40.9 Å². The predicted octanol–water partition coefficient (Wildman–Crippen LogP) is 4.72. The van der Waals surface area contributed by atoms with Gasteiger partial charge < -0.3 is 11.1 Å². The zero-order valence-electron chi connectivity index (χ0n) is 12.4. The lowest BCUT2D eigenvalue weighted by atomic mass is 10.0. The summed E-state index contributed by atoms with van der Waals surface area (Å²) in [5.41, 5.74) is 9.98. The van der Waals surface area contributed by atoms with Crippen molar-refractivity contribution < 1.29 is 4.79 Å². The Morgan fingerprint density at radius 3 is 2.33 bits per heavy atom. The standard InChI is InChI=1S/C17H19BrN2O/c1-10(2)12-4-6-13(7-5-12)17(21)20-16-11(3)8-14(19)9-15(16)18/h4-10H,19H2,1-3H3,(H,20,21). The number of carbonyl (C=O) groups is 1. The van der Waals surface area contributed by atoms with Crippen LogP contribution in [0.5, 0.6) is 0 Å². The largest absolute Gasteiger partial charge is 0.399 e. The van der Waals surface area contributed by atoms with E-state index in [0.717, 1.165) is 15.7 Å². The zero-order chi connectivity index (χ0) is 15.6. The topological polar surface area (TPSA) is 55.1 Å². The Hall–Kier alpha value is -1.81. The number of hydrogen-bond acceptors (Lipinski definition) is 2. The van der Waals surface area contributed by atoms with Gasteiger partial charge in [-0.3, -0.25) is 4.79 Å². The SMILES string of the molecule is Cc1cc(N)cc(Br)c1NC(=O)c1ccc(C(C)C)cc1. The van der Waals surface area contributed by atoms with Gasteiger partial charge in [0.25, 0.3) is 5.91 Å². The Morgan fingerprint density at radius 1 is 1.19 bits per heavy atom. The second-order valence-electron chi connectivity index (χ2n) is 5.43. The number of hydrogen-bond donors (Lipinski definition) is 2. The molecular weight excluding hydrogens is 328 g/mol. The molecule has 0 saturated heterocycles. The van der Waals surface area contributed by atoms with Crippen molar-refractivity contribution in [2.24, 2.45) is 0 Å². The van der Waals surface area contributed by atoms with E-state index >= 15 is 0 Å². The van der Waals surface area contributed by atoms with Crippen LogP contribution in [0.3, 0.4) is 0 Å². The number of carbonyl (C=O) groups excluding carboxylic acids is 1. The van der Waals surface area contributed by atoms with Crippen LogP contribution in [0.4, 0.5) is 11.4 Å². The number of nitrogens with two attached hydrogens (primary N) is 1. The molecule has 2 aromatic carbocycles. The molecule has 0 unspecified atom stereocenters. The first-order chi connectivity index (χ1) is 9.88. The van der Waals surface area contributed by atoms with Crippen LogP contribution in [0.25, 0.3) is 0 Å². The van der Waals surface area contributed by atoms with Crippen LogP contribution >= 0.6 is 15.9 Å². The van der Waals surface area contributed by atoms with Crippen molar-refractivity contribution in [2.45, 2.75) is 26.7 Å². The van der Waals surface area contributed by atoms with E-state index in [1.807, 2.05) is 37.3 Å². The van der Waals surface area contributed by atoms with Gasteiger partial charge in [0.15, 0.2) is 0 Å². The summed E-state index contributed by atoms with van der Waals surface area (Å²) in [4.78, 5) is 12.3. The van der Waals surface area contributed by atoms with E-state index in [2.05, 4.69) is 35.1 Å². The van der Waals surface area contributed by atoms with Crippen molar-refractivity contribution in [3.8, 4) is 0 Å². The minimum Gasteiger partial charge on any atom is -0.399 e. The molecule has 0 radical (unpaired) electrons. The quantitative estimate of drug-likeness (QED) is 0.790. The maximum atomic E-state index is 12.3. The van der Waals surface area contributed by atoms with Crippen LogP contribution in [0.2, 0.25) is 0 Å². The lowest BCUT2D eigenvalue weighted by Gasteiger charge is -2.12. The molecule has 2 aromatic rings. The van der Waals surface area contributed by atoms with Gasteiger partial charge in [-0.1, -0.05) is 26.0 Å². The third-order valence-corrected chi connectivity index (χ3v) is 4.01. The van der Waals surface area contributed by atoms with E-state index in [4.69, 9.17) is 5.73 Å². The van der Waals surface area contributed by atoms with Gasteiger partial charge in [-0.05, 0) is 64.2 Å². The summed E-state index contributed by atoms with van der Waals surface area (Å²) >= 11 is 3.43. The fraction of sp³-hybridized carbons (Fsp3) is 0.235. The van der Waals surface area contributed by atoms with E-state index in [1.54, 1.807) is 6.07 Å². The van der Waals surface area contributed by atoms with Crippen LogP contribution < -0.4 is 11.1 Å². The smallest absolute Gasteiger partial charge is 0.255 e. The molecule has 0 saturated carbocycles. The summed E-state index contributed by atoms with van der Waals surface area (Å²) in [7, 11) is 0. The van der Waals surface area contributed by atoms with E-state index in [0.29, 0.717) is 17.2 Å². The average molecular weight is 347 g/mol. The molecule has 0 aliphatic carbocycles. The van der Waals surface area contributed by atoms with Crippen molar-refractivity contribution >= 4 is 33.2 Å². The summed E-state index contributed by atoms with van der Waals surface area (Å²) in [5.74, 6) is 0.328. The maximum Gasteiger partial charge on any atom is 0.255 e. The molecule has 0 heterocycles. The van der Waals surface area contributed by atoms with Crippen LogP contribution in [-0.2, 0) is 0 Å². The number of amides is 1.